The fraction of sp³-hybridized carbons (Fsp3) is 0.440. The van der Waals surface area contributed by atoms with Crippen molar-refractivity contribution in [3.63, 3.8) is 0 Å². The summed E-state index contributed by atoms with van der Waals surface area (Å²) in [5.41, 5.74) is 0. The third kappa shape index (κ3) is 7.18. The van der Waals surface area contributed by atoms with Gasteiger partial charge in [0.15, 0.2) is 0 Å². The molecule has 2 heterocycles. The Balaban J connectivity index is 0.000000216. The summed E-state index contributed by atoms with van der Waals surface area (Å²) >= 11 is 0. The van der Waals surface area contributed by atoms with Gasteiger partial charge in [0, 0.05) is 13.1 Å². The maximum Gasteiger partial charge on any atom is 0.324 e. The van der Waals surface area contributed by atoms with Crippen LogP contribution in [-0.2, 0) is 34.4 Å². The maximum absolute atomic E-state index is 12.9. The quantitative estimate of drug-likeness (QED) is 0.509. The second-order valence-electron chi connectivity index (χ2n) is 9.02. The Morgan fingerprint density at radius 3 is 1.51 bits per heavy atom. The highest BCUT2D eigenvalue weighted by atomic mass is 32.2. The van der Waals surface area contributed by atoms with Gasteiger partial charge in [-0.2, -0.15) is 8.61 Å². The molecule has 10 nitrogen and oxygen atoms in total. The number of carbonyl (C=O) groups excluding carboxylic acids is 1. The van der Waals surface area contributed by atoms with Gasteiger partial charge in [-0.15, -0.1) is 0 Å². The van der Waals surface area contributed by atoms with Gasteiger partial charge in [0.2, 0.25) is 20.0 Å². The van der Waals surface area contributed by atoms with Crippen LogP contribution in [0.4, 0.5) is 8.78 Å². The number of esters is 1. The molecule has 2 fully saturated rings. The molecule has 214 valence electrons. The first-order valence-electron chi connectivity index (χ1n) is 12.2. The molecule has 2 aromatic rings. The zero-order chi connectivity index (χ0) is 28.8. The van der Waals surface area contributed by atoms with E-state index in [-0.39, 0.29) is 22.9 Å². The first-order valence-corrected chi connectivity index (χ1v) is 15.1. The molecular formula is C25H30F2N2O8S2. The number of sulfonamides is 2. The lowest BCUT2D eigenvalue weighted by atomic mass is 10.1. The maximum atomic E-state index is 12.9. The van der Waals surface area contributed by atoms with Crippen LogP contribution in [0.1, 0.15) is 38.5 Å². The van der Waals surface area contributed by atoms with E-state index >= 15 is 0 Å². The standard InChI is InChI=1S/C13H16FNO4S.C12H14FNO4S/c1-19-13(16)12-4-2-3-9-15(12)20(17,18)11-7-5-10(14)6-8-11;13-9-4-6-10(7-5-9)19(17,18)14-8-2-1-3-11(14)12(15)16/h5-8,12H,2-4,9H2,1H3;4-7,11H,1-3,8H2,(H,15,16)/t12-;11-/m00/s1. The lowest BCUT2D eigenvalue weighted by molar-refractivity contribution is -0.146. The highest BCUT2D eigenvalue weighted by Gasteiger charge is 2.39. The summed E-state index contributed by atoms with van der Waals surface area (Å²) in [6.45, 7) is 0.441. The number of hydrogen-bond donors (Lipinski definition) is 1. The molecule has 1 N–H and O–H groups in total. The molecule has 0 bridgehead atoms. The minimum atomic E-state index is -3.89. The molecule has 2 atom stereocenters. The van der Waals surface area contributed by atoms with Crippen molar-refractivity contribution < 1.29 is 45.0 Å². The molecule has 2 aromatic carbocycles. The summed E-state index contributed by atoms with van der Waals surface area (Å²) < 4.78 is 82.3. The molecule has 0 aromatic heterocycles. The predicted molar refractivity (Wildman–Crippen MR) is 136 cm³/mol. The van der Waals surface area contributed by atoms with Crippen LogP contribution in [0.2, 0.25) is 0 Å². The average Bonchev–Trinajstić information content (AvgIpc) is 2.93. The van der Waals surface area contributed by atoms with Crippen LogP contribution in [-0.4, -0.2) is 74.8 Å². The van der Waals surface area contributed by atoms with E-state index in [2.05, 4.69) is 4.74 Å². The van der Waals surface area contributed by atoms with Gasteiger partial charge in [0.25, 0.3) is 0 Å². The van der Waals surface area contributed by atoms with E-state index in [1.807, 2.05) is 0 Å². The van der Waals surface area contributed by atoms with E-state index in [4.69, 9.17) is 5.11 Å². The van der Waals surface area contributed by atoms with Crippen molar-refractivity contribution in [1.82, 2.24) is 8.61 Å². The van der Waals surface area contributed by atoms with Crippen molar-refractivity contribution in [1.29, 1.82) is 0 Å². The molecule has 0 saturated carbocycles. The Labute approximate surface area is 226 Å². The zero-order valence-electron chi connectivity index (χ0n) is 21.2. The molecule has 0 radical (unpaired) electrons. The second kappa shape index (κ2) is 12.9. The Morgan fingerprint density at radius 2 is 1.13 bits per heavy atom. The Bertz CT molecular complexity index is 1370. The van der Waals surface area contributed by atoms with Crippen molar-refractivity contribution in [2.24, 2.45) is 0 Å². The van der Waals surface area contributed by atoms with Crippen molar-refractivity contribution in [2.45, 2.75) is 60.4 Å². The zero-order valence-corrected chi connectivity index (χ0v) is 22.8. The number of halogens is 2. The third-order valence-electron chi connectivity index (χ3n) is 6.51. The van der Waals surface area contributed by atoms with Gasteiger partial charge in [-0.1, -0.05) is 0 Å². The summed E-state index contributed by atoms with van der Waals surface area (Å²) in [6.07, 6.45) is 3.52. The molecular weight excluding hydrogens is 558 g/mol. The molecule has 0 unspecified atom stereocenters. The number of methoxy groups -OCH3 is 1. The van der Waals surface area contributed by atoms with Crippen molar-refractivity contribution in [2.75, 3.05) is 20.2 Å². The van der Waals surface area contributed by atoms with Crippen LogP contribution in [0.5, 0.6) is 0 Å². The highest BCUT2D eigenvalue weighted by Crippen LogP contribution is 2.27. The monoisotopic (exact) mass is 588 g/mol. The average molecular weight is 589 g/mol. The normalized spacial score (nSPS) is 20.9. The Hall–Kier alpha value is -2.94. The van der Waals surface area contributed by atoms with Crippen LogP contribution in [0, 0.1) is 11.6 Å². The smallest absolute Gasteiger partial charge is 0.324 e. The number of carboxylic acids is 1. The van der Waals surface area contributed by atoms with Gasteiger partial charge in [-0.3, -0.25) is 9.59 Å². The molecule has 2 saturated heterocycles. The summed E-state index contributed by atoms with van der Waals surface area (Å²) in [6, 6.07) is 7.14. The number of aliphatic carboxylic acids is 1. The van der Waals surface area contributed by atoms with Gasteiger partial charge in [0.05, 0.1) is 16.9 Å². The number of carbonyl (C=O) groups is 2. The van der Waals surface area contributed by atoms with Gasteiger partial charge < -0.3 is 9.84 Å². The number of nitrogens with zero attached hydrogens (tertiary/aromatic N) is 2. The first-order chi connectivity index (χ1) is 18.4. The number of ether oxygens (including phenoxy) is 1. The lowest BCUT2D eigenvalue weighted by Gasteiger charge is -2.32. The van der Waals surface area contributed by atoms with E-state index in [1.165, 1.54) is 19.2 Å². The lowest BCUT2D eigenvalue weighted by Crippen LogP contribution is -2.48. The summed E-state index contributed by atoms with van der Waals surface area (Å²) in [5, 5.41) is 9.10. The molecule has 0 aliphatic carbocycles. The molecule has 0 amide bonds. The van der Waals surface area contributed by atoms with Gasteiger partial charge in [0.1, 0.15) is 23.7 Å². The Kier molecular flexibility index (Phi) is 10.2. The third-order valence-corrected chi connectivity index (χ3v) is 10.4. The van der Waals surface area contributed by atoms with Crippen LogP contribution < -0.4 is 0 Å². The van der Waals surface area contributed by atoms with Gasteiger partial charge >= 0.3 is 11.9 Å². The van der Waals surface area contributed by atoms with Crippen molar-refractivity contribution in [3.8, 4) is 0 Å². The number of benzene rings is 2. The second-order valence-corrected chi connectivity index (χ2v) is 12.8. The van der Waals surface area contributed by atoms with Crippen molar-refractivity contribution in [3.05, 3.63) is 60.2 Å². The van der Waals surface area contributed by atoms with Gasteiger partial charge in [-0.25, -0.2) is 25.6 Å². The van der Waals surface area contributed by atoms with E-state index < -0.39 is 55.7 Å². The highest BCUT2D eigenvalue weighted by molar-refractivity contribution is 7.89. The predicted octanol–water partition coefficient (Wildman–Crippen LogP) is 3.00. The summed E-state index contributed by atoms with van der Waals surface area (Å²) in [7, 11) is -6.47. The first kappa shape index (κ1) is 30.6. The van der Waals surface area contributed by atoms with Crippen molar-refractivity contribution >= 4 is 32.0 Å². The largest absolute Gasteiger partial charge is 0.480 e. The minimum absolute atomic E-state index is 0.0188. The van der Waals surface area contributed by atoms with Gasteiger partial charge in [-0.05, 0) is 87.1 Å². The molecule has 0 spiro atoms. The van der Waals surface area contributed by atoms with E-state index in [1.54, 1.807) is 0 Å². The molecule has 2 aliphatic heterocycles. The van der Waals surface area contributed by atoms with E-state index in [0.29, 0.717) is 32.1 Å². The Morgan fingerprint density at radius 1 is 0.744 bits per heavy atom. The number of hydrogen-bond acceptors (Lipinski definition) is 7. The molecule has 4 rings (SSSR count). The summed E-state index contributed by atoms with van der Waals surface area (Å²) in [4.78, 5) is 22.8. The fourth-order valence-corrected chi connectivity index (χ4v) is 7.79. The van der Waals surface area contributed by atoms with Crippen LogP contribution in [0.3, 0.4) is 0 Å². The minimum Gasteiger partial charge on any atom is -0.480 e. The molecule has 14 heteroatoms. The number of carboxylic acid groups (broad SMARTS) is 1. The number of rotatable bonds is 6. The fourth-order valence-electron chi connectivity index (χ4n) is 4.49. The van der Waals surface area contributed by atoms with E-state index in [0.717, 1.165) is 51.4 Å². The topological polar surface area (TPSA) is 138 Å². The number of piperidine rings is 2. The van der Waals surface area contributed by atoms with Crippen LogP contribution in [0.15, 0.2) is 58.3 Å². The SMILES string of the molecule is COC(=O)[C@@H]1CCCCN1S(=O)(=O)c1ccc(F)cc1.O=C(O)[C@@H]1CCCCN1S(=O)(=O)c1ccc(F)cc1. The summed E-state index contributed by atoms with van der Waals surface area (Å²) in [5.74, 6) is -2.75. The van der Waals surface area contributed by atoms with Crippen LogP contribution >= 0.6 is 0 Å². The van der Waals surface area contributed by atoms with E-state index in [9.17, 15) is 35.2 Å². The molecule has 2 aliphatic rings. The molecule has 39 heavy (non-hydrogen) atoms. The van der Waals surface area contributed by atoms with Crippen LogP contribution in [0.25, 0.3) is 0 Å².